The molecule has 1 atom stereocenters. The van der Waals surface area contributed by atoms with Crippen LogP contribution in [0.3, 0.4) is 0 Å². The summed E-state index contributed by atoms with van der Waals surface area (Å²) in [6.45, 7) is 3.56. The van der Waals surface area contributed by atoms with E-state index in [-0.39, 0.29) is 0 Å². The fraction of sp³-hybridized carbons (Fsp3) is 0.545. The fourth-order valence-electron chi connectivity index (χ4n) is 2.09. The van der Waals surface area contributed by atoms with Crippen LogP contribution in [0.25, 0.3) is 11.2 Å². The molecule has 17 heavy (non-hydrogen) atoms. The van der Waals surface area contributed by atoms with Crippen molar-refractivity contribution >= 4 is 17.0 Å². The summed E-state index contributed by atoms with van der Waals surface area (Å²) in [6.07, 6.45) is 4.09. The van der Waals surface area contributed by atoms with Gasteiger partial charge in [-0.15, -0.1) is 0 Å². The summed E-state index contributed by atoms with van der Waals surface area (Å²) in [5, 5.41) is 3.30. The lowest BCUT2D eigenvalue weighted by molar-refractivity contribution is 0.120. The molecule has 0 spiro atoms. The molecule has 1 unspecified atom stereocenters. The van der Waals surface area contributed by atoms with Gasteiger partial charge in [-0.25, -0.2) is 15.0 Å². The minimum absolute atomic E-state index is 0.295. The van der Waals surface area contributed by atoms with Crippen molar-refractivity contribution in [3.63, 3.8) is 0 Å². The number of nitrogens with zero attached hydrogens (tertiary/aromatic N) is 3. The van der Waals surface area contributed by atoms with E-state index in [0.29, 0.717) is 11.8 Å². The van der Waals surface area contributed by atoms with Crippen molar-refractivity contribution in [2.45, 2.75) is 25.9 Å². The van der Waals surface area contributed by atoms with Crippen LogP contribution in [0.1, 0.15) is 18.7 Å². The maximum absolute atomic E-state index is 5.56. The van der Waals surface area contributed by atoms with E-state index in [2.05, 4.69) is 25.3 Å². The monoisotopic (exact) mass is 233 g/mol. The molecule has 2 aromatic heterocycles. The van der Waals surface area contributed by atoms with Gasteiger partial charge in [0.1, 0.15) is 17.7 Å². The number of hydrogen-bond acceptors (Lipinski definition) is 5. The van der Waals surface area contributed by atoms with E-state index < -0.39 is 0 Å². The van der Waals surface area contributed by atoms with Crippen LogP contribution in [0, 0.1) is 6.92 Å². The van der Waals surface area contributed by atoms with E-state index in [1.54, 1.807) is 0 Å². The zero-order valence-corrected chi connectivity index (χ0v) is 9.73. The lowest BCUT2D eigenvalue weighted by atomic mass is 10.2. The number of nitrogens with one attached hydrogen (secondary N) is 2. The number of H-pyrrole nitrogens is 1. The average molecular weight is 233 g/mol. The molecule has 1 aliphatic rings. The standard InChI is InChI=1S/C11H15N5O/c1-7-15-9-10(13-6-14-11(9)16-7)12-5-8-3-2-4-17-8/h6,8H,2-5H2,1H3,(H2,12,13,14,15,16). The molecule has 2 aromatic rings. The molecule has 0 aromatic carbocycles. The Balaban J connectivity index is 1.79. The van der Waals surface area contributed by atoms with Gasteiger partial charge in [-0.2, -0.15) is 0 Å². The Kier molecular flexibility index (Phi) is 2.64. The Labute approximate surface area is 98.8 Å². The van der Waals surface area contributed by atoms with Gasteiger partial charge in [0.2, 0.25) is 0 Å². The molecule has 0 bridgehead atoms. The molecule has 0 radical (unpaired) electrons. The number of ether oxygens (including phenoxy) is 1. The Morgan fingerprint density at radius 2 is 2.47 bits per heavy atom. The first-order valence-corrected chi connectivity index (χ1v) is 5.86. The number of rotatable bonds is 3. The molecule has 1 saturated heterocycles. The Morgan fingerprint density at radius 1 is 1.53 bits per heavy atom. The van der Waals surface area contributed by atoms with Crippen LogP contribution in [-0.4, -0.2) is 39.2 Å². The van der Waals surface area contributed by atoms with Gasteiger partial charge in [0, 0.05) is 13.2 Å². The lowest BCUT2D eigenvalue weighted by Gasteiger charge is -2.11. The summed E-state index contributed by atoms with van der Waals surface area (Å²) < 4.78 is 5.56. The van der Waals surface area contributed by atoms with Crippen molar-refractivity contribution in [1.29, 1.82) is 0 Å². The smallest absolute Gasteiger partial charge is 0.183 e. The van der Waals surface area contributed by atoms with Crippen LogP contribution in [-0.2, 0) is 4.74 Å². The molecule has 0 aliphatic carbocycles. The van der Waals surface area contributed by atoms with E-state index in [1.807, 2.05) is 6.92 Å². The SMILES string of the molecule is Cc1nc2ncnc(NCC3CCCO3)c2[nH]1. The number of fused-ring (bicyclic) bond motifs is 1. The number of aromatic amines is 1. The maximum Gasteiger partial charge on any atom is 0.183 e. The van der Waals surface area contributed by atoms with Crippen molar-refractivity contribution in [3.8, 4) is 0 Å². The number of anilines is 1. The molecule has 1 fully saturated rings. The predicted molar refractivity (Wildman–Crippen MR) is 63.9 cm³/mol. The summed E-state index contributed by atoms with van der Waals surface area (Å²) in [4.78, 5) is 15.8. The molecule has 90 valence electrons. The van der Waals surface area contributed by atoms with Gasteiger partial charge in [0.05, 0.1) is 6.10 Å². The topological polar surface area (TPSA) is 75.7 Å². The zero-order chi connectivity index (χ0) is 11.7. The summed E-state index contributed by atoms with van der Waals surface area (Å²) >= 11 is 0. The van der Waals surface area contributed by atoms with Gasteiger partial charge < -0.3 is 15.0 Å². The summed E-state index contributed by atoms with van der Waals surface area (Å²) in [7, 11) is 0. The van der Waals surface area contributed by atoms with Gasteiger partial charge in [-0.1, -0.05) is 0 Å². The van der Waals surface area contributed by atoms with Crippen LogP contribution in [0.4, 0.5) is 5.82 Å². The molecule has 1 aliphatic heterocycles. The third kappa shape index (κ3) is 2.08. The summed E-state index contributed by atoms with van der Waals surface area (Å²) in [6, 6.07) is 0. The van der Waals surface area contributed by atoms with E-state index in [4.69, 9.17) is 4.74 Å². The lowest BCUT2D eigenvalue weighted by Crippen LogP contribution is -2.19. The van der Waals surface area contributed by atoms with Crippen LogP contribution >= 0.6 is 0 Å². The van der Waals surface area contributed by atoms with Gasteiger partial charge in [0.15, 0.2) is 11.5 Å². The molecule has 6 nitrogen and oxygen atoms in total. The fourth-order valence-corrected chi connectivity index (χ4v) is 2.09. The number of aryl methyl sites for hydroxylation is 1. The van der Waals surface area contributed by atoms with Gasteiger partial charge in [-0.3, -0.25) is 0 Å². The summed E-state index contributed by atoms with van der Waals surface area (Å²) in [5.41, 5.74) is 1.57. The highest BCUT2D eigenvalue weighted by atomic mass is 16.5. The maximum atomic E-state index is 5.56. The van der Waals surface area contributed by atoms with E-state index >= 15 is 0 Å². The largest absolute Gasteiger partial charge is 0.376 e. The Hall–Kier alpha value is -1.69. The second-order valence-corrected chi connectivity index (χ2v) is 4.26. The Bertz CT molecular complexity index is 518. The first kappa shape index (κ1) is 10.5. The van der Waals surface area contributed by atoms with Crippen molar-refractivity contribution in [1.82, 2.24) is 19.9 Å². The quantitative estimate of drug-likeness (QED) is 0.834. The molecule has 0 saturated carbocycles. The highest BCUT2D eigenvalue weighted by Gasteiger charge is 2.16. The van der Waals surface area contributed by atoms with Gasteiger partial charge >= 0.3 is 0 Å². The van der Waals surface area contributed by atoms with Crippen molar-refractivity contribution in [2.75, 3.05) is 18.5 Å². The number of aromatic nitrogens is 4. The number of imidazole rings is 1. The first-order valence-electron chi connectivity index (χ1n) is 5.86. The minimum Gasteiger partial charge on any atom is -0.376 e. The normalized spacial score (nSPS) is 19.9. The molecular weight excluding hydrogens is 218 g/mol. The molecule has 6 heteroatoms. The molecule has 3 heterocycles. The van der Waals surface area contributed by atoms with Crippen LogP contribution in [0.2, 0.25) is 0 Å². The van der Waals surface area contributed by atoms with Gasteiger partial charge in [-0.05, 0) is 19.8 Å². The second kappa shape index (κ2) is 4.29. The van der Waals surface area contributed by atoms with Crippen molar-refractivity contribution in [3.05, 3.63) is 12.2 Å². The van der Waals surface area contributed by atoms with E-state index in [0.717, 1.165) is 43.2 Å². The Morgan fingerprint density at radius 3 is 3.29 bits per heavy atom. The molecule has 0 amide bonds. The first-order chi connectivity index (χ1) is 8.33. The predicted octanol–water partition coefficient (Wildman–Crippen LogP) is 1.25. The molecule has 2 N–H and O–H groups in total. The van der Waals surface area contributed by atoms with Crippen LogP contribution in [0.5, 0.6) is 0 Å². The van der Waals surface area contributed by atoms with Crippen LogP contribution in [0.15, 0.2) is 6.33 Å². The third-order valence-electron chi connectivity index (χ3n) is 2.93. The van der Waals surface area contributed by atoms with Gasteiger partial charge in [0.25, 0.3) is 0 Å². The molecule has 3 rings (SSSR count). The molecular formula is C11H15N5O. The van der Waals surface area contributed by atoms with E-state index in [1.165, 1.54) is 6.33 Å². The number of hydrogen-bond donors (Lipinski definition) is 2. The highest BCUT2D eigenvalue weighted by molar-refractivity contribution is 5.82. The van der Waals surface area contributed by atoms with E-state index in [9.17, 15) is 0 Å². The third-order valence-corrected chi connectivity index (χ3v) is 2.93. The van der Waals surface area contributed by atoms with Crippen molar-refractivity contribution < 1.29 is 4.74 Å². The highest BCUT2D eigenvalue weighted by Crippen LogP contribution is 2.18. The van der Waals surface area contributed by atoms with Crippen molar-refractivity contribution in [2.24, 2.45) is 0 Å². The van der Waals surface area contributed by atoms with Crippen LogP contribution < -0.4 is 5.32 Å². The zero-order valence-electron chi connectivity index (χ0n) is 9.73. The average Bonchev–Trinajstić information content (AvgIpc) is 2.93. The summed E-state index contributed by atoms with van der Waals surface area (Å²) in [5.74, 6) is 1.65. The minimum atomic E-state index is 0.295. The second-order valence-electron chi connectivity index (χ2n) is 4.26.